The van der Waals surface area contributed by atoms with Crippen molar-refractivity contribution in [1.82, 2.24) is 15.1 Å². The third kappa shape index (κ3) is 7.12. The van der Waals surface area contributed by atoms with E-state index >= 15 is 0 Å². The van der Waals surface area contributed by atoms with Gasteiger partial charge in [0.1, 0.15) is 11.9 Å². The molecule has 11 heteroatoms. The molecule has 0 bridgehead atoms. The van der Waals surface area contributed by atoms with Gasteiger partial charge in [-0.2, -0.15) is 0 Å². The van der Waals surface area contributed by atoms with E-state index in [-0.39, 0.29) is 48.9 Å². The SMILES string of the molecule is CC(C)NC(=O)Nc1cccc2c1O[C@H](CN(C)C(=O)Nc1ccc(F)cc1)[C@H](C)CN([C@@H](C)CO)C2=O. The molecule has 0 spiro atoms. The van der Waals surface area contributed by atoms with Crippen LogP contribution in [0.4, 0.5) is 25.4 Å². The fourth-order valence-corrected chi connectivity index (χ4v) is 4.09. The molecule has 1 heterocycles. The summed E-state index contributed by atoms with van der Waals surface area (Å²) in [6, 6.07) is 8.89. The zero-order chi connectivity index (χ0) is 28.0. The maximum absolute atomic E-state index is 13.5. The van der Waals surface area contributed by atoms with E-state index in [9.17, 15) is 23.9 Å². The molecule has 10 nitrogen and oxygen atoms in total. The summed E-state index contributed by atoms with van der Waals surface area (Å²) in [6.45, 7) is 7.50. The third-order valence-electron chi connectivity index (χ3n) is 6.26. The Bertz CT molecular complexity index is 1140. The number of fused-ring (bicyclic) bond motifs is 1. The molecule has 0 saturated carbocycles. The Kier molecular flexibility index (Phi) is 9.51. The van der Waals surface area contributed by atoms with Crippen LogP contribution >= 0.6 is 0 Å². The van der Waals surface area contributed by atoms with Gasteiger partial charge in [0.05, 0.1) is 30.4 Å². The van der Waals surface area contributed by atoms with Crippen molar-refractivity contribution in [2.75, 3.05) is 37.4 Å². The molecule has 4 N–H and O–H groups in total. The monoisotopic (exact) mass is 529 g/mol. The number of urea groups is 2. The van der Waals surface area contributed by atoms with Gasteiger partial charge in [0.15, 0.2) is 5.75 Å². The van der Waals surface area contributed by atoms with Crippen molar-refractivity contribution < 1.29 is 28.6 Å². The van der Waals surface area contributed by atoms with E-state index in [0.717, 1.165) is 0 Å². The number of amides is 5. The van der Waals surface area contributed by atoms with Gasteiger partial charge < -0.3 is 35.6 Å². The number of carbonyl (C=O) groups excluding carboxylic acids is 3. The lowest BCUT2D eigenvalue weighted by Gasteiger charge is -2.38. The molecule has 1 aliphatic rings. The zero-order valence-corrected chi connectivity index (χ0v) is 22.3. The first-order valence-corrected chi connectivity index (χ1v) is 12.6. The van der Waals surface area contributed by atoms with Gasteiger partial charge in [-0.15, -0.1) is 0 Å². The van der Waals surface area contributed by atoms with Crippen LogP contribution in [0.25, 0.3) is 0 Å². The molecule has 1 aliphatic heterocycles. The van der Waals surface area contributed by atoms with Gasteiger partial charge in [-0.25, -0.2) is 14.0 Å². The first kappa shape index (κ1) is 28.7. The van der Waals surface area contributed by atoms with Gasteiger partial charge in [0.2, 0.25) is 0 Å². The quantitative estimate of drug-likeness (QED) is 0.435. The predicted octanol–water partition coefficient (Wildman–Crippen LogP) is 3.74. The van der Waals surface area contributed by atoms with Crippen molar-refractivity contribution in [3.05, 3.63) is 53.8 Å². The van der Waals surface area contributed by atoms with E-state index in [1.807, 2.05) is 20.8 Å². The fourth-order valence-electron chi connectivity index (χ4n) is 4.09. The van der Waals surface area contributed by atoms with Crippen molar-refractivity contribution in [3.8, 4) is 5.75 Å². The summed E-state index contributed by atoms with van der Waals surface area (Å²) in [5, 5.41) is 18.1. The van der Waals surface area contributed by atoms with Gasteiger partial charge in [0.25, 0.3) is 5.91 Å². The number of carbonyl (C=O) groups is 3. The summed E-state index contributed by atoms with van der Waals surface area (Å²) < 4.78 is 19.6. The number of hydrogen-bond acceptors (Lipinski definition) is 5. The molecule has 38 heavy (non-hydrogen) atoms. The zero-order valence-electron chi connectivity index (χ0n) is 22.3. The number of benzene rings is 2. The number of nitrogens with zero attached hydrogens (tertiary/aromatic N) is 2. The lowest BCUT2D eigenvalue weighted by Crippen LogP contribution is -2.50. The van der Waals surface area contributed by atoms with Gasteiger partial charge in [-0.3, -0.25) is 4.79 Å². The summed E-state index contributed by atoms with van der Waals surface area (Å²) in [7, 11) is 1.61. The summed E-state index contributed by atoms with van der Waals surface area (Å²) in [5.41, 5.74) is 0.988. The van der Waals surface area contributed by atoms with Crippen molar-refractivity contribution in [3.63, 3.8) is 0 Å². The van der Waals surface area contributed by atoms with E-state index in [4.69, 9.17) is 4.74 Å². The number of nitrogens with one attached hydrogen (secondary N) is 3. The number of rotatable bonds is 7. The molecule has 0 unspecified atom stereocenters. The number of aliphatic hydroxyl groups excluding tert-OH is 1. The Morgan fingerprint density at radius 2 is 1.84 bits per heavy atom. The second-order valence-corrected chi connectivity index (χ2v) is 9.88. The fraction of sp³-hybridized carbons (Fsp3) is 0.444. The smallest absolute Gasteiger partial charge is 0.321 e. The highest BCUT2D eigenvalue weighted by molar-refractivity contribution is 6.01. The Morgan fingerprint density at radius 3 is 2.47 bits per heavy atom. The van der Waals surface area contributed by atoms with Crippen LogP contribution in [0.1, 0.15) is 38.1 Å². The molecular formula is C27H36FN5O5. The molecule has 3 atom stereocenters. The minimum Gasteiger partial charge on any atom is -0.485 e. The van der Waals surface area contributed by atoms with Crippen LogP contribution in [0.2, 0.25) is 0 Å². The number of ether oxygens (including phenoxy) is 1. The lowest BCUT2D eigenvalue weighted by molar-refractivity contribution is 0.0373. The van der Waals surface area contributed by atoms with E-state index in [2.05, 4.69) is 16.0 Å². The normalized spacial score (nSPS) is 18.0. The highest BCUT2D eigenvalue weighted by Crippen LogP contribution is 2.35. The summed E-state index contributed by atoms with van der Waals surface area (Å²) in [6.07, 6.45) is -0.574. The van der Waals surface area contributed by atoms with Crippen molar-refractivity contribution in [1.29, 1.82) is 0 Å². The second-order valence-electron chi connectivity index (χ2n) is 9.88. The molecular weight excluding hydrogens is 493 g/mol. The molecule has 3 rings (SSSR count). The highest BCUT2D eigenvalue weighted by Gasteiger charge is 2.35. The van der Waals surface area contributed by atoms with Gasteiger partial charge in [-0.1, -0.05) is 13.0 Å². The average molecular weight is 530 g/mol. The Labute approximate surface area is 222 Å². The van der Waals surface area contributed by atoms with Crippen LogP contribution in [-0.4, -0.2) is 77.8 Å². The number of likely N-dealkylation sites (N-methyl/N-ethyl adjacent to an activating group) is 1. The molecule has 0 aromatic heterocycles. The topological polar surface area (TPSA) is 123 Å². The lowest BCUT2D eigenvalue weighted by atomic mass is 9.99. The van der Waals surface area contributed by atoms with E-state index in [1.54, 1.807) is 37.1 Å². The van der Waals surface area contributed by atoms with Gasteiger partial charge >= 0.3 is 12.1 Å². The predicted molar refractivity (Wildman–Crippen MR) is 143 cm³/mol. The molecule has 5 amide bonds. The van der Waals surface area contributed by atoms with Crippen LogP contribution in [0.15, 0.2) is 42.5 Å². The molecule has 0 aliphatic carbocycles. The highest BCUT2D eigenvalue weighted by atomic mass is 19.1. The summed E-state index contributed by atoms with van der Waals surface area (Å²) >= 11 is 0. The van der Waals surface area contributed by atoms with E-state index in [1.165, 1.54) is 29.2 Å². The Balaban J connectivity index is 1.92. The summed E-state index contributed by atoms with van der Waals surface area (Å²) in [5.74, 6) is -0.799. The second kappa shape index (κ2) is 12.6. The maximum Gasteiger partial charge on any atom is 0.321 e. The molecule has 0 saturated heterocycles. The molecule has 2 aromatic carbocycles. The molecule has 206 valence electrons. The van der Waals surface area contributed by atoms with Crippen molar-refractivity contribution in [2.24, 2.45) is 5.92 Å². The standard InChI is InChI=1S/C27H36FN5O5/c1-16(2)29-26(36)31-22-8-6-7-21-24(22)38-23(17(3)13-33(25(21)35)18(4)15-34)14-32(5)27(37)30-20-11-9-19(28)10-12-20/h6-12,16-18,23,34H,13-15H2,1-5H3,(H,30,37)(H2,29,31,36)/t17-,18+,23-/m1/s1. The number of aliphatic hydroxyl groups is 1. The Hall–Kier alpha value is -3.86. The van der Waals surface area contributed by atoms with Gasteiger partial charge in [-0.05, 0) is 57.2 Å². The molecule has 0 fully saturated rings. The van der Waals surface area contributed by atoms with Crippen molar-refractivity contribution in [2.45, 2.75) is 45.9 Å². The van der Waals surface area contributed by atoms with Crippen LogP contribution in [0, 0.1) is 11.7 Å². The average Bonchev–Trinajstić information content (AvgIpc) is 2.86. The van der Waals surface area contributed by atoms with Crippen LogP contribution in [0.3, 0.4) is 0 Å². The third-order valence-corrected chi connectivity index (χ3v) is 6.26. The first-order chi connectivity index (χ1) is 18.0. The van der Waals surface area contributed by atoms with Crippen LogP contribution < -0.4 is 20.7 Å². The molecule has 2 aromatic rings. The number of para-hydroxylation sites is 1. The number of hydrogen-bond donors (Lipinski definition) is 4. The minimum atomic E-state index is -0.574. The van der Waals surface area contributed by atoms with Crippen LogP contribution in [-0.2, 0) is 0 Å². The number of halogens is 1. The maximum atomic E-state index is 13.5. The van der Waals surface area contributed by atoms with Gasteiger partial charge in [0, 0.05) is 31.2 Å². The van der Waals surface area contributed by atoms with Crippen LogP contribution in [0.5, 0.6) is 5.75 Å². The first-order valence-electron chi connectivity index (χ1n) is 12.6. The van der Waals surface area contributed by atoms with E-state index in [0.29, 0.717) is 11.4 Å². The Morgan fingerprint density at radius 1 is 1.16 bits per heavy atom. The number of anilines is 2. The van der Waals surface area contributed by atoms with Crippen molar-refractivity contribution >= 4 is 29.3 Å². The minimum absolute atomic E-state index is 0.106. The summed E-state index contributed by atoms with van der Waals surface area (Å²) in [4.78, 5) is 41.9. The largest absolute Gasteiger partial charge is 0.485 e. The molecule has 0 radical (unpaired) electrons. The van der Waals surface area contributed by atoms with E-state index < -0.39 is 30.0 Å².